The number of amides is 2. The van der Waals surface area contributed by atoms with Gasteiger partial charge in [0.05, 0.1) is 11.8 Å². The maximum atomic E-state index is 12.2. The fourth-order valence-corrected chi connectivity index (χ4v) is 2.79. The van der Waals surface area contributed by atoms with Gasteiger partial charge in [0.25, 0.3) is 11.8 Å². The molecule has 0 radical (unpaired) electrons. The van der Waals surface area contributed by atoms with Crippen molar-refractivity contribution in [2.24, 2.45) is 5.10 Å². The number of hydrazone groups is 1. The zero-order chi connectivity index (χ0) is 20.0. The van der Waals surface area contributed by atoms with Crippen LogP contribution in [-0.4, -0.2) is 24.1 Å². The van der Waals surface area contributed by atoms with E-state index in [4.69, 9.17) is 0 Å². The number of hydrogen-bond donors (Lipinski definition) is 2. The maximum Gasteiger partial charge on any atom is 0.262 e. The van der Waals surface area contributed by atoms with Gasteiger partial charge in [0.15, 0.2) is 0 Å². The number of nitrogens with zero attached hydrogens (tertiary/aromatic N) is 1. The Hall–Kier alpha value is -2.47. The highest BCUT2D eigenvalue weighted by molar-refractivity contribution is 9.10. The summed E-state index contributed by atoms with van der Waals surface area (Å²) in [5.74, 6) is -0.718. The molecule has 1 unspecified atom stereocenters. The number of carbonyl (C=O) groups excluding carboxylic acids is 2. The average molecular weight is 430 g/mol. The summed E-state index contributed by atoms with van der Waals surface area (Å²) in [6.07, 6.45) is 1.58. The average Bonchev–Trinajstić information content (AvgIpc) is 2.61. The number of carbonyl (C=O) groups is 2. The van der Waals surface area contributed by atoms with Crippen LogP contribution in [0, 0.1) is 0 Å². The van der Waals surface area contributed by atoms with Crippen molar-refractivity contribution in [3.63, 3.8) is 0 Å². The van der Waals surface area contributed by atoms with Crippen molar-refractivity contribution in [2.75, 3.05) is 0 Å². The third-order valence-corrected chi connectivity index (χ3v) is 4.72. The van der Waals surface area contributed by atoms with E-state index in [1.807, 2.05) is 30.3 Å². The Labute approximate surface area is 168 Å². The lowest BCUT2D eigenvalue weighted by Crippen LogP contribution is -2.43. The van der Waals surface area contributed by atoms with E-state index in [9.17, 15) is 9.59 Å². The maximum absolute atomic E-state index is 12.2. The molecule has 0 fully saturated rings. The van der Waals surface area contributed by atoms with E-state index < -0.39 is 11.9 Å². The van der Waals surface area contributed by atoms with Crippen molar-refractivity contribution >= 4 is 34.0 Å². The van der Waals surface area contributed by atoms with Crippen LogP contribution >= 0.6 is 15.9 Å². The predicted octanol–water partition coefficient (Wildman–Crippen LogP) is 4.02. The van der Waals surface area contributed by atoms with Crippen LogP contribution in [0.15, 0.2) is 58.1 Å². The Kier molecular flexibility index (Phi) is 6.91. The Balaban J connectivity index is 1.90. The minimum Gasteiger partial charge on any atom is -0.340 e. The lowest BCUT2D eigenvalue weighted by Gasteiger charge is -2.18. The van der Waals surface area contributed by atoms with Gasteiger partial charge in [-0.15, -0.1) is 0 Å². The van der Waals surface area contributed by atoms with E-state index in [1.54, 1.807) is 31.3 Å². The molecule has 0 saturated heterocycles. The fraction of sp³-hybridized carbons (Fsp3) is 0.286. The summed E-state index contributed by atoms with van der Waals surface area (Å²) < 4.78 is 0.673. The molecule has 6 heteroatoms. The molecule has 0 aliphatic heterocycles. The van der Waals surface area contributed by atoms with Gasteiger partial charge in [-0.3, -0.25) is 9.59 Å². The SMILES string of the molecule is CC(NC(=O)c1ccccc1Br)C(=O)NN=Cc1ccc(C(C)(C)C)cc1. The third kappa shape index (κ3) is 6.03. The van der Waals surface area contributed by atoms with Crippen LogP contribution in [0.1, 0.15) is 49.2 Å². The standard InChI is InChI=1S/C21H24BrN3O2/c1-14(24-20(27)17-7-5-6-8-18(17)22)19(26)25-23-13-15-9-11-16(12-10-15)21(2,3)4/h5-14H,1-4H3,(H,24,27)(H,25,26). The summed E-state index contributed by atoms with van der Waals surface area (Å²) in [6, 6.07) is 14.3. The summed E-state index contributed by atoms with van der Waals surface area (Å²) in [5, 5.41) is 6.62. The van der Waals surface area contributed by atoms with Gasteiger partial charge in [-0.25, -0.2) is 5.43 Å². The largest absolute Gasteiger partial charge is 0.340 e. The zero-order valence-electron chi connectivity index (χ0n) is 15.9. The Bertz CT molecular complexity index is 839. The molecule has 0 aromatic heterocycles. The number of nitrogens with one attached hydrogen (secondary N) is 2. The molecule has 142 valence electrons. The summed E-state index contributed by atoms with van der Waals surface area (Å²) in [6.45, 7) is 8.07. The molecule has 2 aromatic carbocycles. The number of rotatable bonds is 5. The minimum absolute atomic E-state index is 0.0886. The summed E-state index contributed by atoms with van der Waals surface area (Å²) >= 11 is 3.32. The first-order valence-electron chi connectivity index (χ1n) is 8.67. The second-order valence-electron chi connectivity index (χ2n) is 7.28. The van der Waals surface area contributed by atoms with Gasteiger partial charge in [-0.2, -0.15) is 5.10 Å². The van der Waals surface area contributed by atoms with E-state index >= 15 is 0 Å². The van der Waals surface area contributed by atoms with E-state index in [0.29, 0.717) is 10.0 Å². The molecule has 0 aliphatic carbocycles. The molecule has 1 atom stereocenters. The fourth-order valence-electron chi connectivity index (χ4n) is 2.32. The normalized spacial score (nSPS) is 12.6. The molecule has 0 heterocycles. The Morgan fingerprint density at radius 1 is 1.07 bits per heavy atom. The Morgan fingerprint density at radius 2 is 1.70 bits per heavy atom. The van der Waals surface area contributed by atoms with Crippen molar-refractivity contribution < 1.29 is 9.59 Å². The van der Waals surface area contributed by atoms with E-state index in [-0.39, 0.29) is 11.3 Å². The molecule has 27 heavy (non-hydrogen) atoms. The number of halogens is 1. The van der Waals surface area contributed by atoms with Crippen LogP contribution < -0.4 is 10.7 Å². The molecule has 0 aliphatic rings. The van der Waals surface area contributed by atoms with Gasteiger partial charge in [0, 0.05) is 4.47 Å². The topological polar surface area (TPSA) is 70.6 Å². The summed E-state index contributed by atoms with van der Waals surface area (Å²) in [7, 11) is 0. The number of hydrogen-bond acceptors (Lipinski definition) is 3. The quantitative estimate of drug-likeness (QED) is 0.556. The van der Waals surface area contributed by atoms with Crippen molar-refractivity contribution in [3.8, 4) is 0 Å². The summed E-state index contributed by atoms with van der Waals surface area (Å²) in [5.41, 5.74) is 5.12. The van der Waals surface area contributed by atoms with Gasteiger partial charge in [0.2, 0.25) is 0 Å². The van der Waals surface area contributed by atoms with Gasteiger partial charge in [-0.05, 0) is 51.5 Å². The first-order valence-corrected chi connectivity index (χ1v) is 9.46. The molecule has 0 spiro atoms. The van der Waals surface area contributed by atoms with Crippen LogP contribution in [0.25, 0.3) is 0 Å². The molecule has 5 nitrogen and oxygen atoms in total. The third-order valence-electron chi connectivity index (χ3n) is 4.02. The lowest BCUT2D eigenvalue weighted by molar-refractivity contribution is -0.122. The highest BCUT2D eigenvalue weighted by Gasteiger charge is 2.17. The van der Waals surface area contributed by atoms with Gasteiger partial charge in [0.1, 0.15) is 6.04 Å². The van der Waals surface area contributed by atoms with Crippen molar-refractivity contribution in [2.45, 2.75) is 39.2 Å². The van der Waals surface area contributed by atoms with Gasteiger partial charge >= 0.3 is 0 Å². The molecule has 0 bridgehead atoms. The van der Waals surface area contributed by atoms with Crippen LogP contribution in [0.2, 0.25) is 0 Å². The lowest BCUT2D eigenvalue weighted by atomic mass is 9.87. The van der Waals surface area contributed by atoms with E-state index in [1.165, 1.54) is 5.56 Å². The molecular formula is C21H24BrN3O2. The smallest absolute Gasteiger partial charge is 0.262 e. The molecule has 0 saturated carbocycles. The highest BCUT2D eigenvalue weighted by atomic mass is 79.9. The highest BCUT2D eigenvalue weighted by Crippen LogP contribution is 2.21. The molecular weight excluding hydrogens is 406 g/mol. The van der Waals surface area contributed by atoms with Crippen LogP contribution in [0.5, 0.6) is 0 Å². The monoisotopic (exact) mass is 429 g/mol. The second kappa shape index (κ2) is 8.95. The first kappa shape index (κ1) is 20.8. The van der Waals surface area contributed by atoms with Crippen molar-refractivity contribution in [1.29, 1.82) is 0 Å². The van der Waals surface area contributed by atoms with Crippen LogP contribution in [-0.2, 0) is 10.2 Å². The first-order chi connectivity index (χ1) is 12.7. The molecule has 2 aromatic rings. The zero-order valence-corrected chi connectivity index (χ0v) is 17.5. The van der Waals surface area contributed by atoms with Gasteiger partial charge < -0.3 is 5.32 Å². The molecule has 2 N–H and O–H groups in total. The number of benzene rings is 2. The van der Waals surface area contributed by atoms with Gasteiger partial charge in [-0.1, -0.05) is 57.2 Å². The van der Waals surface area contributed by atoms with Crippen molar-refractivity contribution in [1.82, 2.24) is 10.7 Å². The summed E-state index contributed by atoms with van der Waals surface area (Å²) in [4.78, 5) is 24.3. The van der Waals surface area contributed by atoms with Crippen LogP contribution in [0.4, 0.5) is 0 Å². The van der Waals surface area contributed by atoms with Crippen LogP contribution in [0.3, 0.4) is 0 Å². The molecule has 2 rings (SSSR count). The van der Waals surface area contributed by atoms with E-state index in [2.05, 4.69) is 52.5 Å². The molecule has 2 amide bonds. The Morgan fingerprint density at radius 3 is 2.30 bits per heavy atom. The van der Waals surface area contributed by atoms with E-state index in [0.717, 1.165) is 5.56 Å². The van der Waals surface area contributed by atoms with Crippen molar-refractivity contribution in [3.05, 3.63) is 69.7 Å². The second-order valence-corrected chi connectivity index (χ2v) is 8.14. The minimum atomic E-state index is -0.718. The predicted molar refractivity (Wildman–Crippen MR) is 112 cm³/mol.